The molecule has 0 amide bonds. The number of hydrogen-bond donors (Lipinski definition) is 1. The predicted molar refractivity (Wildman–Crippen MR) is 66.8 cm³/mol. The number of nitrogens with zero attached hydrogens (tertiary/aromatic N) is 1. The maximum atomic E-state index is 10.7. The fourth-order valence-electron chi connectivity index (χ4n) is 1.37. The zero-order valence-electron chi connectivity index (χ0n) is 9.05. The molecule has 5 heteroatoms. The van der Waals surface area contributed by atoms with Gasteiger partial charge in [-0.25, -0.2) is 0 Å². The summed E-state index contributed by atoms with van der Waals surface area (Å²) in [6.45, 7) is 5.30. The van der Waals surface area contributed by atoms with Crippen LogP contribution in [0.1, 0.15) is 23.6 Å². The van der Waals surface area contributed by atoms with Crippen LogP contribution in [0.5, 0.6) is 0 Å². The number of aryl methyl sites for hydroxylation is 1. The Kier molecular flexibility index (Phi) is 5.71. The van der Waals surface area contributed by atoms with Crippen LogP contribution in [0.2, 0.25) is 0 Å². The van der Waals surface area contributed by atoms with Crippen molar-refractivity contribution < 1.29 is 4.92 Å². The molecule has 1 atom stereocenters. The molecule has 0 aromatic heterocycles. The Bertz CT molecular complexity index is 394. The molecule has 1 rings (SSSR count). The average Bonchev–Trinajstić information content (AvgIpc) is 2.18. The minimum absolute atomic E-state index is 0. The van der Waals surface area contributed by atoms with Crippen LogP contribution in [0.15, 0.2) is 30.9 Å². The molecule has 0 saturated carbocycles. The van der Waals surface area contributed by atoms with Crippen molar-refractivity contribution >= 4 is 18.1 Å². The third-order valence-electron chi connectivity index (χ3n) is 2.28. The Labute approximate surface area is 101 Å². The third-order valence-corrected chi connectivity index (χ3v) is 2.28. The summed E-state index contributed by atoms with van der Waals surface area (Å²) in [4.78, 5) is 10.3. The van der Waals surface area contributed by atoms with Gasteiger partial charge in [-0.3, -0.25) is 10.1 Å². The number of nitro groups is 1. The lowest BCUT2D eigenvalue weighted by Crippen LogP contribution is -2.09. The highest BCUT2D eigenvalue weighted by atomic mass is 35.5. The van der Waals surface area contributed by atoms with Crippen LogP contribution in [-0.2, 0) is 0 Å². The van der Waals surface area contributed by atoms with Crippen molar-refractivity contribution in [2.45, 2.75) is 19.4 Å². The van der Waals surface area contributed by atoms with Crippen molar-refractivity contribution in [3.8, 4) is 0 Å². The summed E-state index contributed by atoms with van der Waals surface area (Å²) in [5.41, 5.74) is 7.37. The summed E-state index contributed by atoms with van der Waals surface area (Å²) in [6, 6.07) is 4.85. The third kappa shape index (κ3) is 3.32. The van der Waals surface area contributed by atoms with Gasteiger partial charge in [-0.05, 0) is 18.9 Å². The highest BCUT2D eigenvalue weighted by Crippen LogP contribution is 2.23. The van der Waals surface area contributed by atoms with E-state index in [0.717, 1.165) is 5.56 Å². The van der Waals surface area contributed by atoms with Crippen LogP contribution >= 0.6 is 12.4 Å². The Hall–Kier alpha value is -1.39. The molecule has 0 unspecified atom stereocenters. The van der Waals surface area contributed by atoms with Gasteiger partial charge < -0.3 is 5.73 Å². The summed E-state index contributed by atoms with van der Waals surface area (Å²) >= 11 is 0. The van der Waals surface area contributed by atoms with E-state index in [0.29, 0.717) is 12.0 Å². The highest BCUT2D eigenvalue weighted by Gasteiger charge is 2.13. The maximum absolute atomic E-state index is 10.7. The number of hydrogen-bond acceptors (Lipinski definition) is 3. The number of benzene rings is 1. The Morgan fingerprint density at radius 2 is 2.25 bits per heavy atom. The van der Waals surface area contributed by atoms with E-state index in [9.17, 15) is 10.1 Å². The minimum Gasteiger partial charge on any atom is -0.324 e. The number of nitrogens with two attached hydrogens (primary N) is 1. The van der Waals surface area contributed by atoms with Gasteiger partial charge in [-0.2, -0.15) is 0 Å². The van der Waals surface area contributed by atoms with Crippen LogP contribution in [0.4, 0.5) is 5.69 Å². The quantitative estimate of drug-likeness (QED) is 0.501. The summed E-state index contributed by atoms with van der Waals surface area (Å²) in [7, 11) is 0. The van der Waals surface area contributed by atoms with E-state index in [4.69, 9.17) is 5.73 Å². The van der Waals surface area contributed by atoms with Crippen molar-refractivity contribution in [1.29, 1.82) is 0 Å². The van der Waals surface area contributed by atoms with E-state index in [1.807, 2.05) is 6.07 Å². The standard InChI is InChI=1S/C11H14N2O2.ClH/c1-3-4-10(12)9-6-5-8(2)11(7-9)13(14)15;/h3,5-7,10H,1,4,12H2,2H3;1H/t10-;/m0./s1. The second-order valence-corrected chi connectivity index (χ2v) is 3.43. The van der Waals surface area contributed by atoms with Crippen LogP contribution in [0, 0.1) is 17.0 Å². The fraction of sp³-hybridized carbons (Fsp3) is 0.273. The first kappa shape index (κ1) is 14.6. The average molecular weight is 243 g/mol. The molecule has 2 N–H and O–H groups in total. The van der Waals surface area contributed by atoms with Gasteiger partial charge in [0.1, 0.15) is 0 Å². The molecule has 0 aliphatic rings. The second-order valence-electron chi connectivity index (χ2n) is 3.43. The minimum atomic E-state index is -0.389. The molecular weight excluding hydrogens is 228 g/mol. The normalized spacial score (nSPS) is 11.4. The van der Waals surface area contributed by atoms with E-state index in [-0.39, 0.29) is 29.1 Å². The van der Waals surface area contributed by atoms with Gasteiger partial charge >= 0.3 is 0 Å². The van der Waals surface area contributed by atoms with E-state index in [1.165, 1.54) is 6.07 Å². The van der Waals surface area contributed by atoms with Crippen molar-refractivity contribution in [3.63, 3.8) is 0 Å². The molecule has 1 aromatic rings. The molecule has 0 fully saturated rings. The van der Waals surface area contributed by atoms with Gasteiger partial charge in [-0.1, -0.05) is 18.2 Å². The van der Waals surface area contributed by atoms with E-state index >= 15 is 0 Å². The van der Waals surface area contributed by atoms with Gasteiger partial charge in [-0.15, -0.1) is 19.0 Å². The van der Waals surface area contributed by atoms with Crippen molar-refractivity contribution in [3.05, 3.63) is 52.1 Å². The Balaban J connectivity index is 0.00000225. The topological polar surface area (TPSA) is 69.2 Å². The van der Waals surface area contributed by atoms with Gasteiger partial charge in [0.25, 0.3) is 5.69 Å². The fourth-order valence-corrected chi connectivity index (χ4v) is 1.37. The second kappa shape index (κ2) is 6.25. The van der Waals surface area contributed by atoms with Crippen LogP contribution in [0.3, 0.4) is 0 Å². The number of nitro benzene ring substituents is 1. The lowest BCUT2D eigenvalue weighted by atomic mass is 10.0. The predicted octanol–water partition coefficient (Wildman–Crippen LogP) is 2.90. The largest absolute Gasteiger partial charge is 0.324 e. The summed E-state index contributed by atoms with van der Waals surface area (Å²) in [6.07, 6.45) is 2.32. The molecule has 0 bridgehead atoms. The first-order valence-corrected chi connectivity index (χ1v) is 4.67. The van der Waals surface area contributed by atoms with E-state index in [1.54, 1.807) is 19.1 Å². The molecule has 0 radical (unpaired) electrons. The zero-order chi connectivity index (χ0) is 11.4. The van der Waals surface area contributed by atoms with Crippen molar-refractivity contribution in [2.24, 2.45) is 5.73 Å². The van der Waals surface area contributed by atoms with Crippen LogP contribution in [0.25, 0.3) is 0 Å². The van der Waals surface area contributed by atoms with E-state index in [2.05, 4.69) is 6.58 Å². The smallest absolute Gasteiger partial charge is 0.272 e. The molecule has 1 aromatic carbocycles. The number of halogens is 1. The molecule has 0 aliphatic heterocycles. The molecule has 0 saturated heterocycles. The highest BCUT2D eigenvalue weighted by molar-refractivity contribution is 5.85. The lowest BCUT2D eigenvalue weighted by Gasteiger charge is -2.09. The SMILES string of the molecule is C=CC[C@H](N)c1ccc(C)c([N+](=O)[O-])c1.Cl. The molecule has 0 aliphatic carbocycles. The van der Waals surface area contributed by atoms with E-state index < -0.39 is 0 Å². The molecule has 16 heavy (non-hydrogen) atoms. The monoisotopic (exact) mass is 242 g/mol. The lowest BCUT2D eigenvalue weighted by molar-refractivity contribution is -0.385. The Morgan fingerprint density at radius 3 is 2.75 bits per heavy atom. The first-order valence-electron chi connectivity index (χ1n) is 4.67. The van der Waals surface area contributed by atoms with Crippen LogP contribution < -0.4 is 5.73 Å². The first-order chi connectivity index (χ1) is 7.06. The summed E-state index contributed by atoms with van der Waals surface area (Å²) < 4.78 is 0. The summed E-state index contributed by atoms with van der Waals surface area (Å²) in [5.74, 6) is 0. The van der Waals surface area contributed by atoms with Crippen molar-refractivity contribution in [1.82, 2.24) is 0 Å². The molecular formula is C11H15ClN2O2. The molecule has 4 nitrogen and oxygen atoms in total. The van der Waals surface area contributed by atoms with Crippen molar-refractivity contribution in [2.75, 3.05) is 0 Å². The number of rotatable bonds is 4. The summed E-state index contributed by atoms with van der Waals surface area (Å²) in [5, 5.41) is 10.7. The molecule has 88 valence electrons. The van der Waals surface area contributed by atoms with Gasteiger partial charge in [0.2, 0.25) is 0 Å². The Morgan fingerprint density at radius 1 is 1.62 bits per heavy atom. The van der Waals surface area contributed by atoms with Gasteiger partial charge in [0, 0.05) is 17.7 Å². The van der Waals surface area contributed by atoms with Gasteiger partial charge in [0.15, 0.2) is 0 Å². The maximum Gasteiger partial charge on any atom is 0.272 e. The molecule has 0 heterocycles. The van der Waals surface area contributed by atoms with Gasteiger partial charge in [0.05, 0.1) is 4.92 Å². The zero-order valence-corrected chi connectivity index (χ0v) is 9.87. The molecule has 0 spiro atoms. The van der Waals surface area contributed by atoms with Crippen LogP contribution in [-0.4, -0.2) is 4.92 Å².